The van der Waals surface area contributed by atoms with Crippen molar-refractivity contribution in [2.24, 2.45) is 5.92 Å². The zero-order valence-corrected chi connectivity index (χ0v) is 11.8. The third-order valence-electron chi connectivity index (χ3n) is 3.59. The summed E-state index contributed by atoms with van der Waals surface area (Å²) in [6, 6.07) is 4.59. The van der Waals surface area contributed by atoms with Crippen molar-refractivity contribution < 1.29 is 17.5 Å². The summed E-state index contributed by atoms with van der Waals surface area (Å²) in [7, 11) is 0.236. The van der Waals surface area contributed by atoms with Gasteiger partial charge in [0.25, 0.3) is 0 Å². The van der Waals surface area contributed by atoms with Gasteiger partial charge < -0.3 is 10.1 Å². The topological polar surface area (TPSA) is 55.4 Å². The predicted molar refractivity (Wildman–Crippen MR) is 71.5 cm³/mol. The molecule has 0 aliphatic carbocycles. The van der Waals surface area contributed by atoms with Crippen LogP contribution in [0.5, 0.6) is 5.75 Å². The molecule has 0 radical (unpaired) electrons. The Morgan fingerprint density at radius 2 is 2.21 bits per heavy atom. The van der Waals surface area contributed by atoms with Crippen molar-refractivity contribution in [1.82, 2.24) is 5.32 Å². The SMILES string of the molecule is CNC(c1ccc(OC)c(F)c1)C1CCS(=O)(=O)C1. The standard InChI is InChI=1S/C13H18FNO3S/c1-15-13(10-5-6-19(16,17)8-10)9-3-4-12(18-2)11(14)7-9/h3-4,7,10,13,15H,5-6,8H2,1-2H3. The molecule has 1 saturated heterocycles. The number of rotatable bonds is 4. The van der Waals surface area contributed by atoms with Gasteiger partial charge in [-0.05, 0) is 37.1 Å². The maximum atomic E-state index is 13.7. The monoisotopic (exact) mass is 287 g/mol. The van der Waals surface area contributed by atoms with Crippen molar-refractivity contribution in [3.63, 3.8) is 0 Å². The smallest absolute Gasteiger partial charge is 0.165 e. The Kier molecular flexibility index (Phi) is 4.10. The zero-order valence-electron chi connectivity index (χ0n) is 11.0. The molecule has 0 amide bonds. The minimum Gasteiger partial charge on any atom is -0.494 e. The molecule has 1 aliphatic heterocycles. The highest BCUT2D eigenvalue weighted by atomic mass is 32.2. The van der Waals surface area contributed by atoms with Crippen molar-refractivity contribution in [2.75, 3.05) is 25.7 Å². The van der Waals surface area contributed by atoms with E-state index in [-0.39, 0.29) is 29.2 Å². The van der Waals surface area contributed by atoms with Crippen molar-refractivity contribution in [3.8, 4) is 5.75 Å². The van der Waals surface area contributed by atoms with E-state index in [4.69, 9.17) is 4.74 Å². The lowest BCUT2D eigenvalue weighted by Crippen LogP contribution is -2.26. The van der Waals surface area contributed by atoms with E-state index >= 15 is 0 Å². The molecule has 0 aromatic heterocycles. The number of nitrogens with one attached hydrogen (secondary N) is 1. The highest BCUT2D eigenvalue weighted by molar-refractivity contribution is 7.91. The summed E-state index contributed by atoms with van der Waals surface area (Å²) in [5.74, 6) is 0.127. The Balaban J connectivity index is 2.25. The molecule has 2 atom stereocenters. The quantitative estimate of drug-likeness (QED) is 0.912. The first kappa shape index (κ1) is 14.3. The van der Waals surface area contributed by atoms with Crippen LogP contribution < -0.4 is 10.1 Å². The van der Waals surface area contributed by atoms with Gasteiger partial charge in [0.1, 0.15) is 0 Å². The molecule has 0 bridgehead atoms. The van der Waals surface area contributed by atoms with Crippen molar-refractivity contribution >= 4 is 9.84 Å². The third kappa shape index (κ3) is 3.06. The second kappa shape index (κ2) is 5.46. The van der Waals surface area contributed by atoms with Crippen LogP contribution in [0.2, 0.25) is 0 Å². The Bertz CT molecular complexity index is 559. The highest BCUT2D eigenvalue weighted by Gasteiger charge is 2.34. The van der Waals surface area contributed by atoms with Gasteiger partial charge in [0.2, 0.25) is 0 Å². The fourth-order valence-electron chi connectivity index (χ4n) is 2.64. The lowest BCUT2D eigenvalue weighted by Gasteiger charge is -2.22. The van der Waals surface area contributed by atoms with Crippen LogP contribution in [0, 0.1) is 11.7 Å². The van der Waals surface area contributed by atoms with Crippen molar-refractivity contribution in [1.29, 1.82) is 0 Å². The number of hydrogen-bond acceptors (Lipinski definition) is 4. The van der Waals surface area contributed by atoms with E-state index in [2.05, 4.69) is 5.32 Å². The Morgan fingerprint density at radius 1 is 1.47 bits per heavy atom. The van der Waals surface area contributed by atoms with Crippen LogP contribution in [0.3, 0.4) is 0 Å². The van der Waals surface area contributed by atoms with Gasteiger partial charge in [0.15, 0.2) is 21.4 Å². The van der Waals surface area contributed by atoms with Crippen LogP contribution in [0.25, 0.3) is 0 Å². The first-order valence-corrected chi connectivity index (χ1v) is 8.00. The molecule has 1 aliphatic rings. The number of methoxy groups -OCH3 is 1. The lowest BCUT2D eigenvalue weighted by atomic mass is 9.92. The number of benzene rings is 1. The Labute approximate surface area is 112 Å². The second-order valence-corrected chi connectivity index (χ2v) is 7.05. The minimum atomic E-state index is -2.94. The van der Waals surface area contributed by atoms with Gasteiger partial charge >= 0.3 is 0 Å². The fraction of sp³-hybridized carbons (Fsp3) is 0.538. The summed E-state index contributed by atoms with van der Waals surface area (Å²) in [5.41, 5.74) is 0.753. The van der Waals surface area contributed by atoms with E-state index in [1.54, 1.807) is 19.2 Å². The van der Waals surface area contributed by atoms with E-state index < -0.39 is 15.7 Å². The predicted octanol–water partition coefficient (Wildman–Crippen LogP) is 1.53. The van der Waals surface area contributed by atoms with Crippen LogP contribution in [0.4, 0.5) is 4.39 Å². The molecule has 2 rings (SSSR count). The molecule has 1 N–H and O–H groups in total. The molecule has 106 valence electrons. The number of ether oxygens (including phenoxy) is 1. The first-order chi connectivity index (χ1) is 8.96. The molecule has 19 heavy (non-hydrogen) atoms. The van der Waals surface area contributed by atoms with E-state index in [0.29, 0.717) is 6.42 Å². The van der Waals surface area contributed by atoms with Gasteiger partial charge in [0.05, 0.1) is 18.6 Å². The second-order valence-electron chi connectivity index (χ2n) is 4.82. The van der Waals surface area contributed by atoms with Gasteiger partial charge in [-0.25, -0.2) is 12.8 Å². The van der Waals surface area contributed by atoms with Gasteiger partial charge in [-0.2, -0.15) is 0 Å². The van der Waals surface area contributed by atoms with E-state index in [9.17, 15) is 12.8 Å². The summed E-state index contributed by atoms with van der Waals surface area (Å²) in [5, 5.41) is 3.09. The Morgan fingerprint density at radius 3 is 2.68 bits per heavy atom. The van der Waals surface area contributed by atoms with Crippen LogP contribution >= 0.6 is 0 Å². The summed E-state index contributed by atoms with van der Waals surface area (Å²) >= 11 is 0. The molecular formula is C13H18FNO3S. The molecule has 4 nitrogen and oxygen atoms in total. The molecule has 6 heteroatoms. The van der Waals surface area contributed by atoms with Gasteiger partial charge in [-0.3, -0.25) is 0 Å². The average molecular weight is 287 g/mol. The summed E-state index contributed by atoms with van der Waals surface area (Å²) < 4.78 is 41.7. The minimum absolute atomic E-state index is 0.0113. The largest absolute Gasteiger partial charge is 0.494 e. The summed E-state index contributed by atoms with van der Waals surface area (Å²) in [6.45, 7) is 0. The first-order valence-electron chi connectivity index (χ1n) is 6.18. The number of halogens is 1. The molecule has 2 unspecified atom stereocenters. The van der Waals surface area contributed by atoms with Gasteiger partial charge in [-0.1, -0.05) is 6.07 Å². The summed E-state index contributed by atoms with van der Waals surface area (Å²) in [4.78, 5) is 0. The molecule has 1 aromatic carbocycles. The Hall–Kier alpha value is -1.14. The van der Waals surface area contributed by atoms with Crippen LogP contribution in [-0.2, 0) is 9.84 Å². The molecule has 0 saturated carbocycles. The van der Waals surface area contributed by atoms with Crippen LogP contribution in [0.15, 0.2) is 18.2 Å². The third-order valence-corrected chi connectivity index (χ3v) is 5.38. The number of hydrogen-bond donors (Lipinski definition) is 1. The van der Waals surface area contributed by atoms with Gasteiger partial charge in [-0.15, -0.1) is 0 Å². The molecule has 0 spiro atoms. The van der Waals surface area contributed by atoms with Crippen molar-refractivity contribution in [2.45, 2.75) is 12.5 Å². The highest BCUT2D eigenvalue weighted by Crippen LogP contribution is 2.32. The lowest BCUT2D eigenvalue weighted by molar-refractivity contribution is 0.382. The van der Waals surface area contributed by atoms with Crippen LogP contribution in [-0.4, -0.2) is 34.1 Å². The molecule has 1 fully saturated rings. The van der Waals surface area contributed by atoms with E-state index in [0.717, 1.165) is 5.56 Å². The van der Waals surface area contributed by atoms with Gasteiger partial charge in [0, 0.05) is 6.04 Å². The van der Waals surface area contributed by atoms with Crippen molar-refractivity contribution in [3.05, 3.63) is 29.6 Å². The maximum absolute atomic E-state index is 13.7. The molecular weight excluding hydrogens is 269 g/mol. The normalized spacial score (nSPS) is 23.2. The van der Waals surface area contributed by atoms with E-state index in [1.807, 2.05) is 0 Å². The van der Waals surface area contributed by atoms with Crippen LogP contribution in [0.1, 0.15) is 18.0 Å². The van der Waals surface area contributed by atoms with E-state index in [1.165, 1.54) is 13.2 Å². The fourth-order valence-corrected chi connectivity index (χ4v) is 4.48. The zero-order chi connectivity index (χ0) is 14.0. The average Bonchev–Trinajstić information content (AvgIpc) is 2.71. The number of sulfone groups is 1. The molecule has 1 aromatic rings. The maximum Gasteiger partial charge on any atom is 0.165 e. The molecule has 1 heterocycles. The summed E-state index contributed by atoms with van der Waals surface area (Å²) in [6.07, 6.45) is 0.613.